The van der Waals surface area contributed by atoms with Gasteiger partial charge < -0.3 is 0 Å². The Balaban J connectivity index is 3.23. The fraction of sp³-hybridized carbons (Fsp3) is 0.462. The first-order valence-corrected chi connectivity index (χ1v) is 5.57. The second-order valence-electron chi connectivity index (χ2n) is 4.72. The highest BCUT2D eigenvalue weighted by atomic mass is 35.5. The number of carbonyl (C=O) groups excluding carboxylic acids is 1. The lowest BCUT2D eigenvalue weighted by molar-refractivity contribution is 0.0988. The standard InChI is InChI=1S/C13H17ClO/c1-5-12(15)10-8-9(13(2,3)4)6-7-11(10)14/h6-8H,5H2,1-4H3. The van der Waals surface area contributed by atoms with Crippen LogP contribution in [-0.4, -0.2) is 5.78 Å². The Hall–Kier alpha value is -0.820. The Morgan fingerprint density at radius 1 is 1.33 bits per heavy atom. The Kier molecular flexibility index (Phi) is 3.56. The maximum absolute atomic E-state index is 11.6. The topological polar surface area (TPSA) is 17.1 Å². The monoisotopic (exact) mass is 224 g/mol. The van der Waals surface area contributed by atoms with Gasteiger partial charge in [-0.05, 0) is 23.1 Å². The summed E-state index contributed by atoms with van der Waals surface area (Å²) in [6, 6.07) is 5.70. The summed E-state index contributed by atoms with van der Waals surface area (Å²) in [5.74, 6) is 0.103. The SMILES string of the molecule is CCC(=O)c1cc(C(C)(C)C)ccc1Cl. The highest BCUT2D eigenvalue weighted by molar-refractivity contribution is 6.34. The summed E-state index contributed by atoms with van der Waals surface area (Å²) >= 11 is 6.00. The summed E-state index contributed by atoms with van der Waals surface area (Å²) in [6.07, 6.45) is 0.493. The van der Waals surface area contributed by atoms with Gasteiger partial charge >= 0.3 is 0 Å². The van der Waals surface area contributed by atoms with Gasteiger partial charge in [-0.2, -0.15) is 0 Å². The number of carbonyl (C=O) groups is 1. The first kappa shape index (κ1) is 12.3. The van der Waals surface area contributed by atoms with Crippen LogP contribution in [0.1, 0.15) is 50.0 Å². The van der Waals surface area contributed by atoms with E-state index in [2.05, 4.69) is 20.8 Å². The number of hydrogen-bond acceptors (Lipinski definition) is 1. The third-order valence-electron chi connectivity index (χ3n) is 2.45. The van der Waals surface area contributed by atoms with Gasteiger partial charge in [0.25, 0.3) is 0 Å². The van der Waals surface area contributed by atoms with Crippen LogP contribution in [0, 0.1) is 0 Å². The molecule has 15 heavy (non-hydrogen) atoms. The molecule has 1 aromatic carbocycles. The van der Waals surface area contributed by atoms with E-state index in [0.717, 1.165) is 5.56 Å². The van der Waals surface area contributed by atoms with E-state index >= 15 is 0 Å². The van der Waals surface area contributed by atoms with Crippen LogP contribution in [0.2, 0.25) is 5.02 Å². The molecule has 0 aliphatic rings. The lowest BCUT2D eigenvalue weighted by Gasteiger charge is -2.20. The maximum atomic E-state index is 11.6. The Bertz CT molecular complexity index is 375. The minimum atomic E-state index is 0.0490. The maximum Gasteiger partial charge on any atom is 0.164 e. The molecule has 0 atom stereocenters. The molecule has 0 radical (unpaired) electrons. The van der Waals surface area contributed by atoms with Crippen LogP contribution < -0.4 is 0 Å². The second-order valence-corrected chi connectivity index (χ2v) is 5.13. The predicted molar refractivity (Wildman–Crippen MR) is 64.8 cm³/mol. The molecule has 0 unspecified atom stereocenters. The van der Waals surface area contributed by atoms with Crippen molar-refractivity contribution in [1.29, 1.82) is 0 Å². The number of Topliss-reactive ketones (excluding diaryl/α,β-unsaturated/α-hetero) is 1. The first-order chi connectivity index (χ1) is 6.86. The number of ketones is 1. The highest BCUT2D eigenvalue weighted by Crippen LogP contribution is 2.27. The van der Waals surface area contributed by atoms with Crippen molar-refractivity contribution < 1.29 is 4.79 Å². The first-order valence-electron chi connectivity index (χ1n) is 5.19. The summed E-state index contributed by atoms with van der Waals surface area (Å²) in [5, 5.41) is 0.551. The summed E-state index contributed by atoms with van der Waals surface area (Å²) in [6.45, 7) is 8.21. The van der Waals surface area contributed by atoms with E-state index in [1.165, 1.54) is 0 Å². The average molecular weight is 225 g/mol. The van der Waals surface area contributed by atoms with E-state index in [9.17, 15) is 4.79 Å². The molecule has 0 aliphatic carbocycles. The van der Waals surface area contributed by atoms with Crippen molar-refractivity contribution in [3.05, 3.63) is 34.3 Å². The van der Waals surface area contributed by atoms with Gasteiger partial charge in [0.1, 0.15) is 0 Å². The zero-order chi connectivity index (χ0) is 11.6. The molecule has 0 aromatic heterocycles. The van der Waals surface area contributed by atoms with Crippen LogP contribution in [0.25, 0.3) is 0 Å². The van der Waals surface area contributed by atoms with E-state index in [4.69, 9.17) is 11.6 Å². The van der Waals surface area contributed by atoms with Crippen molar-refractivity contribution in [2.75, 3.05) is 0 Å². The van der Waals surface area contributed by atoms with Crippen molar-refractivity contribution in [2.45, 2.75) is 39.5 Å². The van der Waals surface area contributed by atoms with Crippen molar-refractivity contribution in [3.63, 3.8) is 0 Å². The molecule has 0 spiro atoms. The number of rotatable bonds is 2. The minimum absolute atomic E-state index is 0.0490. The molecule has 1 rings (SSSR count). The van der Waals surface area contributed by atoms with E-state index < -0.39 is 0 Å². The molecular weight excluding hydrogens is 208 g/mol. The van der Waals surface area contributed by atoms with Gasteiger partial charge in [0, 0.05) is 12.0 Å². The van der Waals surface area contributed by atoms with Gasteiger partial charge in [0.05, 0.1) is 5.02 Å². The van der Waals surface area contributed by atoms with E-state index in [1.807, 2.05) is 25.1 Å². The summed E-state index contributed by atoms with van der Waals surface area (Å²) in [5.41, 5.74) is 1.84. The Morgan fingerprint density at radius 2 is 1.93 bits per heavy atom. The Morgan fingerprint density at radius 3 is 2.40 bits per heavy atom. The van der Waals surface area contributed by atoms with Gasteiger partial charge in [-0.25, -0.2) is 0 Å². The van der Waals surface area contributed by atoms with Crippen LogP contribution in [0.3, 0.4) is 0 Å². The molecule has 1 nitrogen and oxygen atoms in total. The van der Waals surface area contributed by atoms with Gasteiger partial charge in [-0.1, -0.05) is 45.4 Å². The van der Waals surface area contributed by atoms with Gasteiger partial charge in [0.2, 0.25) is 0 Å². The molecule has 0 heterocycles. The molecule has 0 fully saturated rings. The fourth-order valence-corrected chi connectivity index (χ4v) is 1.62. The van der Waals surface area contributed by atoms with Crippen LogP contribution in [0.4, 0.5) is 0 Å². The third kappa shape index (κ3) is 2.82. The molecule has 0 bridgehead atoms. The summed E-state index contributed by atoms with van der Waals surface area (Å²) in [7, 11) is 0. The molecular formula is C13H17ClO. The molecule has 0 amide bonds. The quantitative estimate of drug-likeness (QED) is 0.687. The van der Waals surface area contributed by atoms with Crippen molar-refractivity contribution in [1.82, 2.24) is 0 Å². The van der Waals surface area contributed by atoms with E-state index in [-0.39, 0.29) is 11.2 Å². The van der Waals surface area contributed by atoms with Crippen molar-refractivity contribution in [2.24, 2.45) is 0 Å². The van der Waals surface area contributed by atoms with Crippen LogP contribution >= 0.6 is 11.6 Å². The lowest BCUT2D eigenvalue weighted by atomic mass is 9.85. The van der Waals surface area contributed by atoms with Gasteiger partial charge in [-0.15, -0.1) is 0 Å². The Labute approximate surface area is 96.5 Å². The zero-order valence-electron chi connectivity index (χ0n) is 9.73. The molecule has 1 aromatic rings. The predicted octanol–water partition coefficient (Wildman–Crippen LogP) is 4.23. The fourth-order valence-electron chi connectivity index (χ4n) is 1.40. The smallest absolute Gasteiger partial charge is 0.164 e. The molecule has 0 saturated carbocycles. The number of hydrogen-bond donors (Lipinski definition) is 0. The van der Waals surface area contributed by atoms with Gasteiger partial charge in [-0.3, -0.25) is 4.79 Å². The van der Waals surface area contributed by atoms with Gasteiger partial charge in [0.15, 0.2) is 5.78 Å². The summed E-state index contributed by atoms with van der Waals surface area (Å²) in [4.78, 5) is 11.6. The lowest BCUT2D eigenvalue weighted by Crippen LogP contribution is -2.12. The molecule has 0 N–H and O–H groups in total. The molecule has 0 aliphatic heterocycles. The zero-order valence-corrected chi connectivity index (χ0v) is 10.5. The van der Waals surface area contributed by atoms with Crippen molar-refractivity contribution >= 4 is 17.4 Å². The molecule has 2 heteroatoms. The number of benzene rings is 1. The largest absolute Gasteiger partial charge is 0.294 e. The van der Waals surface area contributed by atoms with Crippen molar-refractivity contribution in [3.8, 4) is 0 Å². The average Bonchev–Trinajstić information content (AvgIpc) is 2.15. The van der Waals surface area contributed by atoms with Crippen LogP contribution in [0.15, 0.2) is 18.2 Å². The van der Waals surface area contributed by atoms with Crippen LogP contribution in [0.5, 0.6) is 0 Å². The highest BCUT2D eigenvalue weighted by Gasteiger charge is 2.17. The minimum Gasteiger partial charge on any atom is -0.294 e. The second kappa shape index (κ2) is 4.36. The third-order valence-corrected chi connectivity index (χ3v) is 2.78. The molecule has 0 saturated heterocycles. The van der Waals surface area contributed by atoms with E-state index in [1.54, 1.807) is 0 Å². The number of halogens is 1. The van der Waals surface area contributed by atoms with E-state index in [0.29, 0.717) is 17.0 Å². The molecule has 82 valence electrons. The normalized spacial score (nSPS) is 11.5. The van der Waals surface area contributed by atoms with Crippen LogP contribution in [-0.2, 0) is 5.41 Å². The summed E-state index contributed by atoms with van der Waals surface area (Å²) < 4.78 is 0.